The number of Topliss-reactive ketones (excluding diaryl/α,β-unsaturated/α-hetero) is 1. The topological polar surface area (TPSA) is 56.0 Å². The quantitative estimate of drug-likeness (QED) is 0.846. The summed E-state index contributed by atoms with van der Waals surface area (Å²) < 4.78 is 5.14. The minimum absolute atomic E-state index is 0.0293. The number of aromatic nitrogens is 2. The molecule has 0 bridgehead atoms. The maximum absolute atomic E-state index is 11.3. The molecule has 1 unspecified atom stereocenters. The summed E-state index contributed by atoms with van der Waals surface area (Å²) in [5.74, 6) is 0.710. The Labute approximate surface area is 112 Å². The molecule has 4 heteroatoms. The summed E-state index contributed by atoms with van der Waals surface area (Å²) in [6.45, 7) is 7.43. The van der Waals surface area contributed by atoms with Gasteiger partial charge in [-0.25, -0.2) is 0 Å². The summed E-state index contributed by atoms with van der Waals surface area (Å²) in [7, 11) is 0. The molecule has 2 aromatic rings. The summed E-state index contributed by atoms with van der Waals surface area (Å²) in [6.07, 6.45) is 0.622. The standard InChI is InChI=1S/C15H18N2O2/c1-9-5-10(2)7-13(6-9)8-14-16-15(19-17-14)11(3)12(4)18/h5-7,11H,8H2,1-4H3. The first-order chi connectivity index (χ1) is 8.95. The fourth-order valence-corrected chi connectivity index (χ4v) is 2.04. The lowest BCUT2D eigenvalue weighted by atomic mass is 10.0. The van der Waals surface area contributed by atoms with Crippen molar-refractivity contribution in [2.75, 3.05) is 0 Å². The van der Waals surface area contributed by atoms with Gasteiger partial charge in [-0.05, 0) is 33.3 Å². The van der Waals surface area contributed by atoms with Gasteiger partial charge in [0.25, 0.3) is 0 Å². The van der Waals surface area contributed by atoms with Gasteiger partial charge >= 0.3 is 0 Å². The van der Waals surface area contributed by atoms with Gasteiger partial charge in [0.05, 0.1) is 5.92 Å². The molecule has 0 saturated heterocycles. The van der Waals surface area contributed by atoms with Gasteiger partial charge in [0.1, 0.15) is 5.78 Å². The number of rotatable bonds is 4. The van der Waals surface area contributed by atoms with Gasteiger partial charge in [0.2, 0.25) is 5.89 Å². The van der Waals surface area contributed by atoms with Crippen LogP contribution in [0.4, 0.5) is 0 Å². The van der Waals surface area contributed by atoms with Crippen LogP contribution >= 0.6 is 0 Å². The molecule has 0 radical (unpaired) electrons. The zero-order valence-corrected chi connectivity index (χ0v) is 11.7. The van der Waals surface area contributed by atoms with Crippen LogP contribution in [0.3, 0.4) is 0 Å². The summed E-state index contributed by atoms with van der Waals surface area (Å²) in [4.78, 5) is 15.6. The average molecular weight is 258 g/mol. The minimum atomic E-state index is -0.333. The first-order valence-electron chi connectivity index (χ1n) is 6.36. The van der Waals surface area contributed by atoms with Crippen molar-refractivity contribution >= 4 is 5.78 Å². The van der Waals surface area contributed by atoms with E-state index in [-0.39, 0.29) is 11.7 Å². The second-order valence-corrected chi connectivity index (χ2v) is 5.05. The van der Waals surface area contributed by atoms with E-state index in [1.807, 2.05) is 0 Å². The van der Waals surface area contributed by atoms with E-state index in [1.54, 1.807) is 6.92 Å². The number of hydrogen-bond acceptors (Lipinski definition) is 4. The van der Waals surface area contributed by atoms with Crippen LogP contribution in [-0.4, -0.2) is 15.9 Å². The van der Waals surface area contributed by atoms with E-state index < -0.39 is 0 Å². The fourth-order valence-electron chi connectivity index (χ4n) is 2.04. The molecular weight excluding hydrogens is 240 g/mol. The first-order valence-corrected chi connectivity index (χ1v) is 6.36. The predicted octanol–water partition coefficient (Wildman–Crippen LogP) is 2.97. The van der Waals surface area contributed by atoms with Gasteiger partial charge in [-0.1, -0.05) is 34.5 Å². The van der Waals surface area contributed by atoms with E-state index in [9.17, 15) is 4.79 Å². The molecule has 1 heterocycles. The van der Waals surface area contributed by atoms with E-state index in [2.05, 4.69) is 42.2 Å². The summed E-state index contributed by atoms with van der Waals surface area (Å²) in [5.41, 5.74) is 3.59. The largest absolute Gasteiger partial charge is 0.339 e. The van der Waals surface area contributed by atoms with Crippen LogP contribution in [-0.2, 0) is 11.2 Å². The third-order valence-corrected chi connectivity index (χ3v) is 3.11. The van der Waals surface area contributed by atoms with Crippen LogP contribution in [0.2, 0.25) is 0 Å². The van der Waals surface area contributed by atoms with E-state index in [4.69, 9.17) is 4.52 Å². The highest BCUT2D eigenvalue weighted by Gasteiger charge is 2.18. The number of ketones is 1. The molecule has 0 fully saturated rings. The Balaban J connectivity index is 2.18. The van der Waals surface area contributed by atoms with E-state index in [1.165, 1.54) is 18.1 Å². The van der Waals surface area contributed by atoms with Crippen LogP contribution in [0, 0.1) is 13.8 Å². The highest BCUT2D eigenvalue weighted by Crippen LogP contribution is 2.16. The lowest BCUT2D eigenvalue weighted by molar-refractivity contribution is -0.118. The molecule has 0 aliphatic carbocycles. The SMILES string of the molecule is CC(=O)C(C)c1nc(Cc2cc(C)cc(C)c2)no1. The highest BCUT2D eigenvalue weighted by atomic mass is 16.5. The Morgan fingerprint density at radius 2 is 1.89 bits per heavy atom. The highest BCUT2D eigenvalue weighted by molar-refractivity contribution is 5.81. The first kappa shape index (κ1) is 13.5. The number of aryl methyl sites for hydroxylation is 2. The van der Waals surface area contributed by atoms with Crippen molar-refractivity contribution in [3.63, 3.8) is 0 Å². The van der Waals surface area contributed by atoms with Crippen molar-refractivity contribution in [3.05, 3.63) is 46.6 Å². The molecule has 100 valence electrons. The number of carbonyl (C=O) groups is 1. The van der Waals surface area contributed by atoms with E-state index in [0.29, 0.717) is 18.1 Å². The van der Waals surface area contributed by atoms with Crippen LogP contribution < -0.4 is 0 Å². The predicted molar refractivity (Wildman–Crippen MR) is 72.1 cm³/mol. The van der Waals surface area contributed by atoms with Gasteiger partial charge < -0.3 is 4.52 Å². The van der Waals surface area contributed by atoms with Gasteiger partial charge in [-0.2, -0.15) is 4.98 Å². The van der Waals surface area contributed by atoms with Crippen LogP contribution in [0.25, 0.3) is 0 Å². The number of nitrogens with zero attached hydrogens (tertiary/aromatic N) is 2. The molecule has 1 atom stereocenters. The second-order valence-electron chi connectivity index (χ2n) is 5.05. The van der Waals surface area contributed by atoms with Gasteiger partial charge in [0, 0.05) is 6.42 Å². The third-order valence-electron chi connectivity index (χ3n) is 3.11. The second kappa shape index (κ2) is 5.34. The van der Waals surface area contributed by atoms with Crippen molar-refractivity contribution in [2.45, 2.75) is 40.0 Å². The number of hydrogen-bond donors (Lipinski definition) is 0. The van der Waals surface area contributed by atoms with Gasteiger partial charge in [0.15, 0.2) is 5.82 Å². The third kappa shape index (κ3) is 3.28. The van der Waals surface area contributed by atoms with E-state index in [0.717, 1.165) is 5.56 Å². The molecule has 0 N–H and O–H groups in total. The molecule has 19 heavy (non-hydrogen) atoms. The summed E-state index contributed by atoms with van der Waals surface area (Å²) in [6, 6.07) is 6.35. The van der Waals surface area contributed by atoms with Crippen molar-refractivity contribution in [1.29, 1.82) is 0 Å². The molecule has 4 nitrogen and oxygen atoms in total. The Bertz CT molecular complexity index is 582. The molecule has 0 spiro atoms. The average Bonchev–Trinajstić information content (AvgIpc) is 2.74. The van der Waals surface area contributed by atoms with Crippen molar-refractivity contribution in [3.8, 4) is 0 Å². The summed E-state index contributed by atoms with van der Waals surface area (Å²) in [5, 5.41) is 3.94. The zero-order chi connectivity index (χ0) is 14.0. The molecule has 2 rings (SSSR count). The lowest BCUT2D eigenvalue weighted by Gasteiger charge is -2.02. The molecule has 1 aromatic carbocycles. The molecular formula is C15H18N2O2. The molecule has 0 aliphatic rings. The molecule has 0 aliphatic heterocycles. The van der Waals surface area contributed by atoms with Crippen molar-refractivity contribution in [2.24, 2.45) is 0 Å². The van der Waals surface area contributed by atoms with Crippen LogP contribution in [0.5, 0.6) is 0 Å². The monoisotopic (exact) mass is 258 g/mol. The van der Waals surface area contributed by atoms with Crippen LogP contribution in [0.1, 0.15) is 48.2 Å². The zero-order valence-electron chi connectivity index (χ0n) is 11.7. The van der Waals surface area contributed by atoms with Crippen molar-refractivity contribution < 1.29 is 9.32 Å². The number of carbonyl (C=O) groups excluding carboxylic acids is 1. The minimum Gasteiger partial charge on any atom is -0.339 e. The maximum Gasteiger partial charge on any atom is 0.236 e. The normalized spacial score (nSPS) is 12.4. The maximum atomic E-state index is 11.3. The molecule has 1 aromatic heterocycles. The summed E-state index contributed by atoms with van der Waals surface area (Å²) >= 11 is 0. The fraction of sp³-hybridized carbons (Fsp3) is 0.400. The van der Waals surface area contributed by atoms with Crippen molar-refractivity contribution in [1.82, 2.24) is 10.1 Å². The molecule has 0 saturated carbocycles. The van der Waals surface area contributed by atoms with Gasteiger partial charge in [-0.15, -0.1) is 0 Å². The van der Waals surface area contributed by atoms with Crippen LogP contribution in [0.15, 0.2) is 22.7 Å². The lowest BCUT2D eigenvalue weighted by Crippen LogP contribution is -2.04. The Morgan fingerprint density at radius 3 is 2.47 bits per heavy atom. The Hall–Kier alpha value is -1.97. The molecule has 0 amide bonds. The van der Waals surface area contributed by atoms with E-state index >= 15 is 0 Å². The van der Waals surface area contributed by atoms with Gasteiger partial charge in [-0.3, -0.25) is 4.79 Å². The smallest absolute Gasteiger partial charge is 0.236 e. The Kier molecular flexibility index (Phi) is 3.79. The Morgan fingerprint density at radius 1 is 1.26 bits per heavy atom. The number of benzene rings is 1.